The lowest BCUT2D eigenvalue weighted by molar-refractivity contribution is -0.142. The van der Waals surface area contributed by atoms with E-state index in [2.05, 4.69) is 4.74 Å². The summed E-state index contributed by atoms with van der Waals surface area (Å²) in [7, 11) is 1.42. The molecule has 2 fully saturated rings. The highest BCUT2D eigenvalue weighted by molar-refractivity contribution is 7.99. The van der Waals surface area contributed by atoms with Crippen molar-refractivity contribution in [2.45, 2.75) is 31.0 Å². The zero-order chi connectivity index (χ0) is 9.31. The molecule has 2 unspecified atom stereocenters. The minimum Gasteiger partial charge on any atom is -0.467 e. The van der Waals surface area contributed by atoms with Crippen LogP contribution < -0.4 is 0 Å². The molecule has 0 aromatic carbocycles. The van der Waals surface area contributed by atoms with Gasteiger partial charge in [-0.15, -0.1) is 0 Å². The fourth-order valence-corrected chi connectivity index (χ4v) is 2.94. The van der Waals surface area contributed by atoms with Crippen molar-refractivity contribution in [3.63, 3.8) is 0 Å². The summed E-state index contributed by atoms with van der Waals surface area (Å²) in [5.74, 6) is 2.10. The van der Waals surface area contributed by atoms with E-state index in [0.717, 1.165) is 25.0 Å². The molecule has 0 aliphatic carbocycles. The number of rotatable bonds is 1. The molecule has 0 saturated carbocycles. The van der Waals surface area contributed by atoms with E-state index >= 15 is 0 Å². The van der Waals surface area contributed by atoms with Gasteiger partial charge in [-0.25, -0.2) is 4.79 Å². The Hall–Kier alpha value is -0.220. The zero-order valence-corrected chi connectivity index (χ0v) is 8.56. The summed E-state index contributed by atoms with van der Waals surface area (Å²) in [5.41, 5.74) is -0.142. The molecule has 0 aromatic rings. The third kappa shape index (κ3) is 1.70. The largest absolute Gasteiger partial charge is 0.467 e. The molecule has 0 N–H and O–H groups in total. The maximum Gasteiger partial charge on any atom is 0.338 e. The van der Waals surface area contributed by atoms with Crippen molar-refractivity contribution in [3.05, 3.63) is 0 Å². The predicted octanol–water partition coefficient (Wildman–Crippen LogP) is 1.21. The second kappa shape index (κ2) is 3.50. The highest BCUT2D eigenvalue weighted by atomic mass is 32.2. The molecule has 2 atom stereocenters. The van der Waals surface area contributed by atoms with Gasteiger partial charge in [-0.1, -0.05) is 0 Å². The fourth-order valence-electron chi connectivity index (χ4n) is 1.90. The second-order valence-electron chi connectivity index (χ2n) is 3.55. The molecule has 13 heavy (non-hydrogen) atoms. The number of carbonyl (C=O) groups is 1. The second-order valence-corrected chi connectivity index (χ2v) is 4.78. The Balaban J connectivity index is 1.95. The van der Waals surface area contributed by atoms with Crippen molar-refractivity contribution in [2.75, 3.05) is 18.6 Å². The Morgan fingerprint density at radius 1 is 1.54 bits per heavy atom. The standard InChI is InChI=1S/C9H14O3S/c1-11-8(10)7-9(12-7)3-2-5-13-6-4-9/h7H,2-6H2,1H3. The molecule has 0 radical (unpaired) electrons. The quantitative estimate of drug-likeness (QED) is 0.473. The topological polar surface area (TPSA) is 38.8 Å². The molecule has 74 valence electrons. The van der Waals surface area contributed by atoms with Crippen LogP contribution in [0.3, 0.4) is 0 Å². The van der Waals surface area contributed by atoms with Gasteiger partial charge in [0.05, 0.1) is 7.11 Å². The number of ether oxygens (including phenoxy) is 2. The normalized spacial score (nSPS) is 38.4. The molecule has 4 heteroatoms. The molecule has 2 rings (SSSR count). The van der Waals surface area contributed by atoms with Gasteiger partial charge in [-0.2, -0.15) is 11.8 Å². The summed E-state index contributed by atoms with van der Waals surface area (Å²) < 4.78 is 10.2. The maximum atomic E-state index is 11.2. The number of methoxy groups -OCH3 is 1. The molecular weight excluding hydrogens is 188 g/mol. The van der Waals surface area contributed by atoms with Crippen LogP contribution >= 0.6 is 11.8 Å². The SMILES string of the molecule is COC(=O)C1OC12CCCSCC2. The highest BCUT2D eigenvalue weighted by Gasteiger charge is 2.60. The summed E-state index contributed by atoms with van der Waals surface area (Å²) in [6, 6.07) is 0. The van der Waals surface area contributed by atoms with Crippen LogP contribution in [0.1, 0.15) is 19.3 Å². The van der Waals surface area contributed by atoms with Crippen LogP contribution in [0.25, 0.3) is 0 Å². The smallest absolute Gasteiger partial charge is 0.338 e. The van der Waals surface area contributed by atoms with E-state index in [1.54, 1.807) is 0 Å². The number of thioether (sulfide) groups is 1. The van der Waals surface area contributed by atoms with Crippen LogP contribution in [0.5, 0.6) is 0 Å². The van der Waals surface area contributed by atoms with Crippen LogP contribution in [-0.2, 0) is 14.3 Å². The number of esters is 1. The summed E-state index contributed by atoms with van der Waals surface area (Å²) in [6.07, 6.45) is 2.89. The van der Waals surface area contributed by atoms with Crippen LogP contribution in [0.2, 0.25) is 0 Å². The van der Waals surface area contributed by atoms with E-state index < -0.39 is 0 Å². The molecule has 2 aliphatic heterocycles. The average Bonchev–Trinajstić information content (AvgIpc) is 2.90. The first-order valence-corrected chi connectivity index (χ1v) is 5.77. The van der Waals surface area contributed by atoms with E-state index in [9.17, 15) is 4.79 Å². The van der Waals surface area contributed by atoms with Crippen molar-refractivity contribution < 1.29 is 14.3 Å². The number of hydrogen-bond acceptors (Lipinski definition) is 4. The van der Waals surface area contributed by atoms with Gasteiger partial charge in [0.15, 0.2) is 6.10 Å². The van der Waals surface area contributed by atoms with Gasteiger partial charge in [-0.3, -0.25) is 0 Å². The first-order valence-electron chi connectivity index (χ1n) is 4.62. The van der Waals surface area contributed by atoms with Crippen molar-refractivity contribution in [1.82, 2.24) is 0 Å². The molecule has 1 spiro atoms. The number of hydrogen-bond donors (Lipinski definition) is 0. The Bertz CT molecular complexity index is 209. The van der Waals surface area contributed by atoms with E-state index in [1.807, 2.05) is 11.8 Å². The van der Waals surface area contributed by atoms with Gasteiger partial charge in [0, 0.05) is 0 Å². The predicted molar refractivity (Wildman–Crippen MR) is 50.8 cm³/mol. The van der Waals surface area contributed by atoms with Gasteiger partial charge in [0.1, 0.15) is 5.60 Å². The highest BCUT2D eigenvalue weighted by Crippen LogP contribution is 2.46. The monoisotopic (exact) mass is 202 g/mol. The van der Waals surface area contributed by atoms with Crippen LogP contribution in [0, 0.1) is 0 Å². The minimum absolute atomic E-state index is 0.142. The number of epoxide rings is 1. The van der Waals surface area contributed by atoms with Gasteiger partial charge in [-0.05, 0) is 30.8 Å². The van der Waals surface area contributed by atoms with Crippen molar-refractivity contribution in [2.24, 2.45) is 0 Å². The van der Waals surface area contributed by atoms with Gasteiger partial charge in [0.2, 0.25) is 0 Å². The molecule has 2 heterocycles. The summed E-state index contributed by atoms with van der Waals surface area (Å²) in [6.45, 7) is 0. The Morgan fingerprint density at radius 2 is 2.38 bits per heavy atom. The van der Waals surface area contributed by atoms with E-state index in [4.69, 9.17) is 4.74 Å². The van der Waals surface area contributed by atoms with Crippen LogP contribution in [0.15, 0.2) is 0 Å². The van der Waals surface area contributed by atoms with Crippen LogP contribution in [-0.4, -0.2) is 36.3 Å². The van der Waals surface area contributed by atoms with E-state index in [0.29, 0.717) is 0 Å². The van der Waals surface area contributed by atoms with Crippen molar-refractivity contribution >= 4 is 17.7 Å². The van der Waals surface area contributed by atoms with Crippen molar-refractivity contribution in [1.29, 1.82) is 0 Å². The average molecular weight is 202 g/mol. The summed E-state index contributed by atoms with van der Waals surface area (Å²) >= 11 is 1.95. The van der Waals surface area contributed by atoms with Crippen LogP contribution in [0.4, 0.5) is 0 Å². The lowest BCUT2D eigenvalue weighted by Crippen LogP contribution is -2.22. The maximum absolute atomic E-state index is 11.2. The lowest BCUT2D eigenvalue weighted by atomic mass is 9.97. The van der Waals surface area contributed by atoms with Crippen molar-refractivity contribution in [3.8, 4) is 0 Å². The first kappa shape index (κ1) is 9.34. The third-order valence-corrected chi connectivity index (χ3v) is 3.82. The molecule has 0 amide bonds. The van der Waals surface area contributed by atoms with Gasteiger partial charge < -0.3 is 9.47 Å². The molecular formula is C9H14O3S. The van der Waals surface area contributed by atoms with E-state index in [-0.39, 0.29) is 17.7 Å². The van der Waals surface area contributed by atoms with E-state index in [1.165, 1.54) is 12.9 Å². The molecule has 3 nitrogen and oxygen atoms in total. The summed E-state index contributed by atoms with van der Waals surface area (Å²) in [5, 5.41) is 0. The Labute approximate surface area is 82.2 Å². The first-order chi connectivity index (χ1) is 6.28. The number of carbonyl (C=O) groups excluding carboxylic acids is 1. The molecule has 2 saturated heterocycles. The van der Waals surface area contributed by atoms with Gasteiger partial charge in [0.25, 0.3) is 0 Å². The molecule has 0 bridgehead atoms. The summed E-state index contributed by atoms with van der Waals surface area (Å²) in [4.78, 5) is 11.2. The molecule has 0 aromatic heterocycles. The lowest BCUT2D eigenvalue weighted by Gasteiger charge is -2.06. The fraction of sp³-hybridized carbons (Fsp3) is 0.889. The Kier molecular flexibility index (Phi) is 2.51. The molecule has 2 aliphatic rings. The minimum atomic E-state index is -0.267. The Morgan fingerprint density at radius 3 is 3.15 bits per heavy atom. The third-order valence-electron chi connectivity index (χ3n) is 2.75. The zero-order valence-electron chi connectivity index (χ0n) is 7.75. The van der Waals surface area contributed by atoms with Gasteiger partial charge >= 0.3 is 5.97 Å².